The quantitative estimate of drug-likeness (QED) is 0.0282. The van der Waals surface area contributed by atoms with Gasteiger partial charge in [0.15, 0.2) is 5.11 Å². The van der Waals surface area contributed by atoms with Crippen molar-refractivity contribution in [1.82, 2.24) is 9.44 Å². The van der Waals surface area contributed by atoms with Crippen molar-refractivity contribution >= 4 is 147 Å². The second-order valence-electron chi connectivity index (χ2n) is 14.5. The van der Waals surface area contributed by atoms with E-state index in [0.717, 1.165) is 37.4 Å². The summed E-state index contributed by atoms with van der Waals surface area (Å²) in [5.41, 5.74) is 4.48. The smallest absolute Gasteiger partial charge is 0.296 e. The molecule has 0 saturated carbocycles. The number of thiophene rings is 2. The van der Waals surface area contributed by atoms with E-state index in [0.29, 0.717) is 53.8 Å². The number of hydrogen-bond acceptors (Lipinski definition) is 12. The molecule has 4 heterocycles. The summed E-state index contributed by atoms with van der Waals surface area (Å²) in [5, 5.41) is 9.65. The van der Waals surface area contributed by atoms with Crippen molar-refractivity contribution in [3.63, 3.8) is 0 Å². The number of rotatable bonds is 8. The van der Waals surface area contributed by atoms with Gasteiger partial charge in [-0.05, 0) is 148 Å². The van der Waals surface area contributed by atoms with Gasteiger partial charge in [0.1, 0.15) is 13.5 Å². The fourth-order valence-electron chi connectivity index (χ4n) is 6.72. The molecule has 8 rings (SSSR count). The Morgan fingerprint density at radius 1 is 0.597 bits per heavy atom. The fraction of sp³-hybridized carbons (Fsp3) is 0.0930. The summed E-state index contributed by atoms with van der Waals surface area (Å²) >= 11 is 25.1. The molecule has 0 atom stereocenters. The summed E-state index contributed by atoms with van der Waals surface area (Å²) in [6.07, 6.45) is 0. The van der Waals surface area contributed by atoms with Crippen molar-refractivity contribution in [1.29, 1.82) is 0 Å². The van der Waals surface area contributed by atoms with Crippen LogP contribution in [0.1, 0.15) is 63.0 Å². The molecule has 2 aliphatic heterocycles. The molecule has 342 valence electrons. The molecule has 0 radical (unpaired) electrons. The molecule has 0 unspecified atom stereocenters. The lowest BCUT2D eigenvalue weighted by Crippen LogP contribution is -2.35. The Bertz CT molecular complexity index is 3400. The van der Waals surface area contributed by atoms with E-state index in [-0.39, 0.29) is 41.7 Å². The Morgan fingerprint density at radius 3 is 1.54 bits per heavy atom. The number of carbonyl (C=O) groups excluding carboxylic acids is 4. The molecule has 6 aromatic rings. The van der Waals surface area contributed by atoms with E-state index in [1.54, 1.807) is 82.3 Å². The summed E-state index contributed by atoms with van der Waals surface area (Å²) in [5.74, 6) is -2.14. The average Bonchev–Trinajstić information content (AvgIpc) is 3.98. The van der Waals surface area contributed by atoms with Crippen LogP contribution in [0, 0.1) is 34.3 Å². The van der Waals surface area contributed by atoms with Crippen molar-refractivity contribution in [3.05, 3.63) is 161 Å². The highest BCUT2D eigenvalue weighted by molar-refractivity contribution is 7.93. The molecule has 67 heavy (non-hydrogen) atoms. The number of guanidine groups is 1. The molecule has 0 spiro atoms. The largest absolute Gasteiger partial charge is 0.332 e. The summed E-state index contributed by atoms with van der Waals surface area (Å²) in [4.78, 5) is 57.2. The summed E-state index contributed by atoms with van der Waals surface area (Å²) < 4.78 is 55.3. The zero-order chi connectivity index (χ0) is 48.7. The summed E-state index contributed by atoms with van der Waals surface area (Å²) in [7, 11) is -7.83. The highest BCUT2D eigenvalue weighted by Crippen LogP contribution is 2.35. The molecular formula is C43H31Cl3N8O8S5. The Hall–Kier alpha value is -6.22. The van der Waals surface area contributed by atoms with E-state index in [4.69, 9.17) is 53.6 Å². The third-order valence-corrected chi connectivity index (χ3v) is 16.8. The predicted octanol–water partition coefficient (Wildman–Crippen LogP) is 9.55. The maximum atomic E-state index is 12.9. The first-order valence-corrected chi connectivity index (χ1v) is 25.2. The van der Waals surface area contributed by atoms with Gasteiger partial charge in [0.05, 0.1) is 38.0 Å². The third-order valence-electron chi connectivity index (χ3n) is 9.78. The SMILES string of the molecule is Cc1cc(NC(=S)NS(=O)(=O)c2cc(C)c(Cl)s2)ccc1N1C(=O)c2ccc(Cl)cc2C1=O.[C-]#[N+]/N=C(/Nc1ccc(N2C(=O)c3ccc(Cl)cc3C2=O)c(C)c1)NS(=O)(=O)c1ccc(C)s1. The highest BCUT2D eigenvalue weighted by Gasteiger charge is 2.39. The summed E-state index contributed by atoms with van der Waals surface area (Å²) in [6.45, 7) is 13.9. The van der Waals surface area contributed by atoms with Gasteiger partial charge in [0, 0.05) is 26.3 Å². The minimum atomic E-state index is -3.94. The summed E-state index contributed by atoms with van der Waals surface area (Å²) in [6, 6.07) is 23.2. The minimum Gasteiger partial charge on any atom is -0.332 e. The number of nitrogens with one attached hydrogen (secondary N) is 4. The Labute approximate surface area is 412 Å². The number of thiocarbonyl (C=S) groups is 1. The second kappa shape index (κ2) is 19.2. The van der Waals surface area contributed by atoms with Crippen molar-refractivity contribution in [2.45, 2.75) is 36.1 Å². The highest BCUT2D eigenvalue weighted by atomic mass is 35.5. The molecule has 0 fully saturated rings. The number of halogens is 3. The molecule has 2 aromatic heterocycles. The second-order valence-corrected chi connectivity index (χ2v) is 22.5. The Morgan fingerprint density at radius 2 is 1.09 bits per heavy atom. The van der Waals surface area contributed by atoms with Gasteiger partial charge >= 0.3 is 0 Å². The molecule has 4 amide bonds. The van der Waals surface area contributed by atoms with Crippen LogP contribution in [-0.2, 0) is 20.0 Å². The first-order valence-electron chi connectivity index (χ1n) is 19.1. The van der Waals surface area contributed by atoms with Gasteiger partial charge in [0.2, 0.25) is 0 Å². The zero-order valence-electron chi connectivity index (χ0n) is 34.9. The molecule has 24 heteroatoms. The van der Waals surface area contributed by atoms with Crippen LogP contribution >= 0.6 is 69.7 Å². The number of aryl methyl sites for hydroxylation is 4. The van der Waals surface area contributed by atoms with Crippen LogP contribution < -0.4 is 29.9 Å². The van der Waals surface area contributed by atoms with Gasteiger partial charge in [-0.25, -0.2) is 31.4 Å². The van der Waals surface area contributed by atoms with Crippen LogP contribution in [0.25, 0.3) is 4.95 Å². The third kappa shape index (κ3) is 10.2. The molecule has 0 aliphatic carbocycles. The van der Waals surface area contributed by atoms with E-state index in [9.17, 15) is 36.0 Å². The lowest BCUT2D eigenvalue weighted by molar-refractivity contribution is 0.0910. The molecule has 2 aliphatic rings. The lowest BCUT2D eigenvalue weighted by atomic mass is 10.1. The standard InChI is InChI=1S/C22H16ClN5O4S2.C21H15Cl2N3O4S3/c1-12-10-15(25-22(26-24-3)27-34(31,32)19-9-4-13(2)33-19)6-8-18(12)28-20(29)16-7-5-14(23)11-17(16)21(28)30;1-10-7-13(24-21(31)25-33(29,30)17-8-11(2)18(23)32-17)4-6-16(10)26-19(27)14-5-3-12(22)9-15(14)20(26)28/h4-11H,1-2H3,(H2,25,26,27);3-9H,1-2H3,(H2,24,25,31). The lowest BCUT2D eigenvalue weighted by Gasteiger charge is -2.18. The van der Waals surface area contributed by atoms with E-state index >= 15 is 0 Å². The maximum absolute atomic E-state index is 12.9. The Balaban J connectivity index is 0.000000199. The monoisotopic (exact) mass is 1050 g/mol. The number of imide groups is 2. The zero-order valence-corrected chi connectivity index (χ0v) is 41.2. The number of hydrogen-bond donors (Lipinski definition) is 4. The van der Waals surface area contributed by atoms with E-state index in [2.05, 4.69) is 30.1 Å². The van der Waals surface area contributed by atoms with Crippen molar-refractivity contribution in [2.75, 3.05) is 20.4 Å². The number of nitrogens with zero attached hydrogens (tertiary/aromatic N) is 4. The molecule has 4 N–H and O–H groups in total. The first-order chi connectivity index (χ1) is 31.6. The molecule has 4 aromatic carbocycles. The molecule has 0 bridgehead atoms. The normalized spacial score (nSPS) is 13.4. The number of benzene rings is 4. The van der Waals surface area contributed by atoms with Crippen molar-refractivity contribution < 1.29 is 36.0 Å². The number of sulfonamides is 2. The van der Waals surface area contributed by atoms with E-state index < -0.39 is 43.7 Å². The number of anilines is 4. The molecule has 16 nitrogen and oxygen atoms in total. The molecular weight excluding hydrogens is 1020 g/mol. The predicted molar refractivity (Wildman–Crippen MR) is 265 cm³/mol. The molecule has 0 saturated heterocycles. The van der Waals surface area contributed by atoms with E-state index in [1.807, 2.05) is 0 Å². The van der Waals surface area contributed by atoms with Crippen LogP contribution in [-0.4, -0.2) is 51.5 Å². The van der Waals surface area contributed by atoms with Gasteiger partial charge in [-0.3, -0.25) is 23.9 Å². The van der Waals surface area contributed by atoms with E-state index in [1.165, 1.54) is 36.4 Å². The van der Waals surface area contributed by atoms with Gasteiger partial charge < -0.3 is 10.6 Å². The minimum absolute atomic E-state index is 0.0476. The van der Waals surface area contributed by atoms with Crippen LogP contribution in [0.15, 0.2) is 105 Å². The van der Waals surface area contributed by atoms with Crippen LogP contribution in [0.3, 0.4) is 0 Å². The Kier molecular flexibility index (Phi) is 13.9. The maximum Gasteiger partial charge on any atom is 0.296 e. The van der Waals surface area contributed by atoms with Gasteiger partial charge in [-0.2, -0.15) is 6.57 Å². The fourth-order valence-corrected chi connectivity index (χ4v) is 12.4. The van der Waals surface area contributed by atoms with Crippen LogP contribution in [0.5, 0.6) is 0 Å². The van der Waals surface area contributed by atoms with Gasteiger partial charge in [-0.1, -0.05) is 34.8 Å². The number of carbonyl (C=O) groups is 4. The van der Waals surface area contributed by atoms with Crippen molar-refractivity contribution in [2.24, 2.45) is 5.10 Å². The van der Waals surface area contributed by atoms with Gasteiger partial charge in [0.25, 0.3) is 49.6 Å². The first kappa shape index (κ1) is 48.7. The van der Waals surface area contributed by atoms with Gasteiger partial charge in [-0.15, -0.1) is 27.6 Å². The van der Waals surface area contributed by atoms with Crippen molar-refractivity contribution in [3.8, 4) is 0 Å². The van der Waals surface area contributed by atoms with Crippen LogP contribution in [0.2, 0.25) is 14.4 Å². The average molecular weight is 1050 g/mol. The number of fused-ring (bicyclic) bond motifs is 2. The number of amides is 4. The van der Waals surface area contributed by atoms with Crippen LogP contribution in [0.4, 0.5) is 22.7 Å². The topological polar surface area (TPSA) is 208 Å².